The second kappa shape index (κ2) is 7.87. The van der Waals surface area contributed by atoms with Gasteiger partial charge in [0, 0.05) is 4.47 Å². The van der Waals surface area contributed by atoms with E-state index in [1.807, 2.05) is 50.2 Å². The van der Waals surface area contributed by atoms with E-state index in [0.717, 1.165) is 21.2 Å². The van der Waals surface area contributed by atoms with Crippen LogP contribution < -0.4 is 10.4 Å². The molecule has 1 heterocycles. The van der Waals surface area contributed by atoms with Crippen molar-refractivity contribution in [2.75, 3.05) is 0 Å². The van der Waals surface area contributed by atoms with Crippen LogP contribution in [0.1, 0.15) is 30.5 Å². The summed E-state index contributed by atoms with van der Waals surface area (Å²) in [6.07, 6.45) is 1.51. The molecule has 1 N–H and O–H groups in total. The van der Waals surface area contributed by atoms with Crippen LogP contribution in [0.25, 0.3) is 5.69 Å². The zero-order valence-electron chi connectivity index (χ0n) is 16.6. The van der Waals surface area contributed by atoms with Gasteiger partial charge in [-0.3, -0.25) is 4.57 Å². The quantitative estimate of drug-likeness (QED) is 0.606. The Hall–Kier alpha value is -2.87. The highest BCUT2D eigenvalue weighted by Gasteiger charge is 2.30. The van der Waals surface area contributed by atoms with Gasteiger partial charge in [-0.15, -0.1) is 0 Å². The third-order valence-corrected chi connectivity index (χ3v) is 5.08. The molecule has 0 aliphatic carbocycles. The maximum atomic E-state index is 12.7. The minimum Gasteiger partial charge on any atom is -0.478 e. The van der Waals surface area contributed by atoms with Crippen molar-refractivity contribution in [3.63, 3.8) is 0 Å². The molecule has 0 saturated heterocycles. The molecular weight excluding hydrogens is 438 g/mol. The standard InChI is InChI=1S/C21H22BrN3O4/c1-13-9-15(10-14(2)18(13)29-21(3,4)19(26)27)11-24-12-23-25(20(24)28)17-7-5-16(22)6-8-17/h5-10,12H,11H2,1-4H3,(H,26,27). The molecule has 2 aromatic carbocycles. The van der Waals surface area contributed by atoms with Crippen LogP contribution in [-0.4, -0.2) is 31.0 Å². The molecule has 3 rings (SSSR count). The van der Waals surface area contributed by atoms with Gasteiger partial charge in [0.15, 0.2) is 5.60 Å². The predicted octanol–water partition coefficient (Wildman–Crippen LogP) is 3.70. The fourth-order valence-corrected chi connectivity index (χ4v) is 3.25. The number of aliphatic carboxylic acids is 1. The van der Waals surface area contributed by atoms with Crippen molar-refractivity contribution in [3.8, 4) is 11.4 Å². The normalized spacial score (nSPS) is 11.5. The first-order valence-corrected chi connectivity index (χ1v) is 9.81. The van der Waals surface area contributed by atoms with Gasteiger partial charge in [-0.05, 0) is 68.7 Å². The molecule has 0 aliphatic rings. The highest BCUT2D eigenvalue weighted by Crippen LogP contribution is 2.29. The van der Waals surface area contributed by atoms with E-state index in [4.69, 9.17) is 4.74 Å². The number of nitrogens with zero attached hydrogens (tertiary/aromatic N) is 3. The number of benzene rings is 2. The van der Waals surface area contributed by atoms with E-state index in [0.29, 0.717) is 18.0 Å². The fourth-order valence-electron chi connectivity index (χ4n) is 2.99. The molecule has 0 saturated carbocycles. The summed E-state index contributed by atoms with van der Waals surface area (Å²) in [5.74, 6) is -0.494. The largest absolute Gasteiger partial charge is 0.478 e. The van der Waals surface area contributed by atoms with Gasteiger partial charge in [0.05, 0.1) is 12.2 Å². The monoisotopic (exact) mass is 459 g/mol. The van der Waals surface area contributed by atoms with Gasteiger partial charge in [-0.25, -0.2) is 9.59 Å². The van der Waals surface area contributed by atoms with Crippen molar-refractivity contribution in [2.45, 2.75) is 39.8 Å². The van der Waals surface area contributed by atoms with E-state index in [9.17, 15) is 14.7 Å². The van der Waals surface area contributed by atoms with Crippen LogP contribution >= 0.6 is 15.9 Å². The van der Waals surface area contributed by atoms with Crippen LogP contribution in [0.2, 0.25) is 0 Å². The number of rotatable bonds is 6. The van der Waals surface area contributed by atoms with E-state index in [2.05, 4.69) is 21.0 Å². The summed E-state index contributed by atoms with van der Waals surface area (Å²) in [5, 5.41) is 13.5. The van der Waals surface area contributed by atoms with Crippen molar-refractivity contribution >= 4 is 21.9 Å². The molecule has 0 bridgehead atoms. The zero-order chi connectivity index (χ0) is 21.3. The molecule has 0 spiro atoms. The van der Waals surface area contributed by atoms with E-state index in [1.54, 1.807) is 0 Å². The van der Waals surface area contributed by atoms with Crippen LogP contribution in [0, 0.1) is 13.8 Å². The van der Waals surface area contributed by atoms with Crippen LogP contribution in [0.5, 0.6) is 5.75 Å². The van der Waals surface area contributed by atoms with Crippen LogP contribution in [-0.2, 0) is 11.3 Å². The lowest BCUT2D eigenvalue weighted by Gasteiger charge is -2.24. The van der Waals surface area contributed by atoms with Gasteiger partial charge < -0.3 is 9.84 Å². The molecule has 8 heteroatoms. The second-order valence-corrected chi connectivity index (χ2v) is 8.32. The third kappa shape index (κ3) is 4.42. The first-order chi connectivity index (χ1) is 13.6. The number of hydrogen-bond acceptors (Lipinski definition) is 4. The summed E-state index contributed by atoms with van der Waals surface area (Å²) in [4.78, 5) is 24.1. The average Bonchev–Trinajstić information content (AvgIpc) is 2.99. The van der Waals surface area contributed by atoms with Crippen molar-refractivity contribution in [1.29, 1.82) is 0 Å². The molecule has 0 amide bonds. The Morgan fingerprint density at radius 1 is 1.17 bits per heavy atom. The van der Waals surface area contributed by atoms with Gasteiger partial charge >= 0.3 is 11.7 Å². The topological polar surface area (TPSA) is 86.4 Å². The lowest BCUT2D eigenvalue weighted by molar-refractivity contribution is -0.152. The highest BCUT2D eigenvalue weighted by molar-refractivity contribution is 9.10. The van der Waals surface area contributed by atoms with E-state index >= 15 is 0 Å². The van der Waals surface area contributed by atoms with E-state index < -0.39 is 11.6 Å². The SMILES string of the molecule is Cc1cc(Cn2cnn(-c3ccc(Br)cc3)c2=O)cc(C)c1OC(C)(C)C(=O)O. The van der Waals surface area contributed by atoms with Gasteiger partial charge in [0.2, 0.25) is 0 Å². The van der Waals surface area contributed by atoms with Crippen molar-refractivity contribution in [1.82, 2.24) is 14.3 Å². The minimum atomic E-state index is -1.33. The van der Waals surface area contributed by atoms with Crippen LogP contribution in [0.4, 0.5) is 0 Å². The Bertz CT molecular complexity index is 1090. The summed E-state index contributed by atoms with van der Waals surface area (Å²) >= 11 is 3.38. The number of aromatic nitrogens is 3. The number of carbonyl (C=O) groups is 1. The van der Waals surface area contributed by atoms with E-state index in [1.165, 1.54) is 29.4 Å². The number of aryl methyl sites for hydroxylation is 2. The number of halogens is 1. The number of ether oxygens (including phenoxy) is 1. The second-order valence-electron chi connectivity index (χ2n) is 7.41. The molecule has 3 aromatic rings. The average molecular weight is 460 g/mol. The number of hydrogen-bond donors (Lipinski definition) is 1. The Balaban J connectivity index is 1.87. The maximum absolute atomic E-state index is 12.7. The number of carboxylic acid groups (broad SMARTS) is 1. The van der Waals surface area contributed by atoms with E-state index in [-0.39, 0.29) is 5.69 Å². The summed E-state index contributed by atoms with van der Waals surface area (Å²) in [5.41, 5.74) is 1.63. The Kier molecular flexibility index (Phi) is 5.66. The summed E-state index contributed by atoms with van der Waals surface area (Å²) in [6, 6.07) is 11.1. The lowest BCUT2D eigenvalue weighted by atomic mass is 10.0. The molecule has 7 nitrogen and oxygen atoms in total. The van der Waals surface area contributed by atoms with Gasteiger partial charge in [-0.1, -0.05) is 28.1 Å². The molecule has 0 radical (unpaired) electrons. The van der Waals surface area contributed by atoms with Crippen molar-refractivity contribution < 1.29 is 14.6 Å². The van der Waals surface area contributed by atoms with Crippen molar-refractivity contribution in [3.05, 3.63) is 74.4 Å². The molecule has 0 unspecified atom stereocenters. The molecular formula is C21H22BrN3O4. The molecule has 0 fully saturated rings. The van der Waals surface area contributed by atoms with Crippen LogP contribution in [0.15, 0.2) is 52.0 Å². The Morgan fingerprint density at radius 3 is 2.31 bits per heavy atom. The molecule has 0 aliphatic heterocycles. The Labute approximate surface area is 176 Å². The maximum Gasteiger partial charge on any atom is 0.350 e. The smallest absolute Gasteiger partial charge is 0.350 e. The first kappa shape index (κ1) is 20.9. The predicted molar refractivity (Wildman–Crippen MR) is 113 cm³/mol. The zero-order valence-corrected chi connectivity index (χ0v) is 18.2. The minimum absolute atomic E-state index is 0.241. The summed E-state index contributed by atoms with van der Waals surface area (Å²) in [6.45, 7) is 7.09. The van der Waals surface area contributed by atoms with Gasteiger partial charge in [0.25, 0.3) is 0 Å². The Morgan fingerprint density at radius 2 is 1.76 bits per heavy atom. The lowest BCUT2D eigenvalue weighted by Crippen LogP contribution is -2.38. The highest BCUT2D eigenvalue weighted by atomic mass is 79.9. The molecule has 29 heavy (non-hydrogen) atoms. The molecule has 152 valence electrons. The fraction of sp³-hybridized carbons (Fsp3) is 0.286. The van der Waals surface area contributed by atoms with Gasteiger partial charge in [0.1, 0.15) is 12.1 Å². The van der Waals surface area contributed by atoms with Crippen LogP contribution in [0.3, 0.4) is 0 Å². The number of carboxylic acids is 1. The molecule has 1 aromatic heterocycles. The first-order valence-electron chi connectivity index (χ1n) is 9.01. The summed E-state index contributed by atoms with van der Waals surface area (Å²) < 4.78 is 9.53. The third-order valence-electron chi connectivity index (χ3n) is 4.55. The van der Waals surface area contributed by atoms with Crippen molar-refractivity contribution in [2.24, 2.45) is 0 Å². The molecule has 0 atom stereocenters. The summed E-state index contributed by atoms with van der Waals surface area (Å²) in [7, 11) is 0. The van der Waals surface area contributed by atoms with Gasteiger partial charge in [-0.2, -0.15) is 9.78 Å².